The Labute approximate surface area is 136 Å². The minimum atomic E-state index is -4.50. The van der Waals surface area contributed by atoms with Gasteiger partial charge in [-0.15, -0.1) is 0 Å². The predicted molar refractivity (Wildman–Crippen MR) is 82.5 cm³/mol. The summed E-state index contributed by atoms with van der Waals surface area (Å²) in [6.45, 7) is 2.31. The lowest BCUT2D eigenvalue weighted by molar-refractivity contribution is -0.141. The molecule has 126 valence electrons. The second kappa shape index (κ2) is 6.10. The van der Waals surface area contributed by atoms with Gasteiger partial charge in [-0.05, 0) is 29.7 Å². The molecule has 0 spiro atoms. The first kappa shape index (κ1) is 16.2. The third kappa shape index (κ3) is 3.32. The van der Waals surface area contributed by atoms with Gasteiger partial charge in [0.15, 0.2) is 0 Å². The van der Waals surface area contributed by atoms with E-state index in [4.69, 9.17) is 0 Å². The zero-order valence-electron chi connectivity index (χ0n) is 12.9. The number of hydrogen-bond acceptors (Lipinski definition) is 4. The van der Waals surface area contributed by atoms with E-state index in [9.17, 15) is 18.0 Å². The Hall–Kier alpha value is -2.64. The summed E-state index contributed by atoms with van der Waals surface area (Å²) >= 11 is 0. The van der Waals surface area contributed by atoms with E-state index in [1.165, 1.54) is 6.92 Å². The monoisotopic (exact) mass is 336 g/mol. The number of nitrogens with zero attached hydrogens (tertiary/aromatic N) is 3. The van der Waals surface area contributed by atoms with Gasteiger partial charge in [-0.1, -0.05) is 12.1 Å². The van der Waals surface area contributed by atoms with Crippen molar-refractivity contribution in [3.63, 3.8) is 0 Å². The predicted octanol–water partition coefficient (Wildman–Crippen LogP) is 3.02. The molecule has 0 fully saturated rings. The van der Waals surface area contributed by atoms with Crippen molar-refractivity contribution in [3.05, 3.63) is 47.3 Å². The van der Waals surface area contributed by atoms with Crippen molar-refractivity contribution < 1.29 is 18.0 Å². The van der Waals surface area contributed by atoms with E-state index in [0.29, 0.717) is 19.5 Å². The van der Waals surface area contributed by atoms with Crippen LogP contribution in [0.15, 0.2) is 30.5 Å². The number of hydrogen-bond donors (Lipinski definition) is 1. The van der Waals surface area contributed by atoms with Crippen LogP contribution in [0.1, 0.15) is 23.7 Å². The lowest BCUT2D eigenvalue weighted by atomic mass is 9.98. The Morgan fingerprint density at radius 3 is 2.79 bits per heavy atom. The van der Waals surface area contributed by atoms with Crippen LogP contribution in [0.25, 0.3) is 0 Å². The van der Waals surface area contributed by atoms with E-state index in [2.05, 4.69) is 15.3 Å². The summed E-state index contributed by atoms with van der Waals surface area (Å²) in [6, 6.07) is 6.37. The lowest BCUT2D eigenvalue weighted by Crippen LogP contribution is -2.32. The van der Waals surface area contributed by atoms with Crippen molar-refractivity contribution in [1.29, 1.82) is 0 Å². The molecule has 0 saturated carbocycles. The maximum absolute atomic E-state index is 12.8. The van der Waals surface area contributed by atoms with Crippen molar-refractivity contribution in [2.24, 2.45) is 0 Å². The average molecular weight is 336 g/mol. The number of carbonyl (C=O) groups is 1. The lowest BCUT2D eigenvalue weighted by Gasteiger charge is -2.30. The number of alkyl halides is 3. The number of benzene rings is 1. The molecule has 0 bridgehead atoms. The molecule has 1 aromatic heterocycles. The van der Waals surface area contributed by atoms with Crippen molar-refractivity contribution >= 4 is 17.5 Å². The highest BCUT2D eigenvalue weighted by Crippen LogP contribution is 2.31. The van der Waals surface area contributed by atoms with Gasteiger partial charge in [0.2, 0.25) is 11.9 Å². The summed E-state index contributed by atoms with van der Waals surface area (Å²) in [5.41, 5.74) is 1.72. The van der Waals surface area contributed by atoms with Gasteiger partial charge in [0.05, 0.1) is 0 Å². The van der Waals surface area contributed by atoms with Crippen LogP contribution in [0.3, 0.4) is 0 Å². The number of nitrogens with one attached hydrogen (secondary N) is 1. The standard InChI is InChI=1S/C16H15F3N4O/c1-10(24)21-13-4-2-3-11-9-23(8-6-12(11)13)15-20-7-5-14(22-15)16(17,18)19/h2-5,7H,6,8-9H2,1H3,(H,21,24). The highest BCUT2D eigenvalue weighted by atomic mass is 19.4. The van der Waals surface area contributed by atoms with Gasteiger partial charge in [0.1, 0.15) is 5.69 Å². The number of aromatic nitrogens is 2. The second-order valence-electron chi connectivity index (χ2n) is 5.54. The maximum atomic E-state index is 12.8. The van der Waals surface area contributed by atoms with Crippen LogP contribution < -0.4 is 10.2 Å². The minimum absolute atomic E-state index is 0.0559. The molecule has 1 amide bonds. The molecule has 1 aliphatic rings. The van der Waals surface area contributed by atoms with E-state index in [1.807, 2.05) is 12.1 Å². The molecule has 0 aliphatic carbocycles. The van der Waals surface area contributed by atoms with Crippen LogP contribution in [-0.2, 0) is 23.9 Å². The molecule has 3 rings (SSSR count). The molecule has 24 heavy (non-hydrogen) atoms. The van der Waals surface area contributed by atoms with Crippen molar-refractivity contribution in [3.8, 4) is 0 Å². The zero-order valence-corrected chi connectivity index (χ0v) is 12.9. The van der Waals surface area contributed by atoms with Crippen LogP contribution >= 0.6 is 0 Å². The fourth-order valence-corrected chi connectivity index (χ4v) is 2.75. The van der Waals surface area contributed by atoms with Gasteiger partial charge in [0, 0.05) is 31.9 Å². The fraction of sp³-hybridized carbons (Fsp3) is 0.312. The quantitative estimate of drug-likeness (QED) is 0.916. The first-order chi connectivity index (χ1) is 11.3. The summed E-state index contributed by atoms with van der Waals surface area (Å²) in [4.78, 5) is 20.6. The molecule has 0 unspecified atom stereocenters. The summed E-state index contributed by atoms with van der Waals surface area (Å²) in [5, 5.41) is 2.78. The van der Waals surface area contributed by atoms with Crippen molar-refractivity contribution in [2.45, 2.75) is 26.1 Å². The van der Waals surface area contributed by atoms with E-state index in [-0.39, 0.29) is 11.9 Å². The Balaban J connectivity index is 1.87. The molecule has 2 heterocycles. The fourth-order valence-electron chi connectivity index (χ4n) is 2.75. The van der Waals surface area contributed by atoms with Crippen LogP contribution in [0.4, 0.5) is 24.8 Å². The highest BCUT2D eigenvalue weighted by molar-refractivity contribution is 5.89. The summed E-state index contributed by atoms with van der Waals surface area (Å²) in [7, 11) is 0. The minimum Gasteiger partial charge on any atom is -0.336 e. The van der Waals surface area contributed by atoms with Crippen LogP contribution in [0, 0.1) is 0 Å². The molecule has 1 aromatic carbocycles. The van der Waals surface area contributed by atoms with E-state index in [0.717, 1.165) is 29.1 Å². The largest absolute Gasteiger partial charge is 0.433 e. The maximum Gasteiger partial charge on any atom is 0.433 e. The molecule has 8 heteroatoms. The number of anilines is 2. The van der Waals surface area contributed by atoms with E-state index < -0.39 is 11.9 Å². The number of carbonyl (C=O) groups excluding carboxylic acids is 1. The van der Waals surface area contributed by atoms with Gasteiger partial charge < -0.3 is 10.2 Å². The Bertz CT molecular complexity index is 776. The Morgan fingerprint density at radius 2 is 2.08 bits per heavy atom. The molecule has 1 aliphatic heterocycles. The van der Waals surface area contributed by atoms with E-state index >= 15 is 0 Å². The number of rotatable bonds is 2. The van der Waals surface area contributed by atoms with Crippen molar-refractivity contribution in [1.82, 2.24) is 9.97 Å². The normalized spacial score (nSPS) is 14.2. The number of amides is 1. The number of halogens is 3. The molecule has 0 atom stereocenters. The molecular weight excluding hydrogens is 321 g/mol. The average Bonchev–Trinajstić information content (AvgIpc) is 2.53. The molecule has 2 aromatic rings. The third-order valence-corrected chi connectivity index (χ3v) is 3.79. The SMILES string of the molecule is CC(=O)Nc1cccc2c1CCN(c1nccc(C(F)(F)F)n1)C2. The first-order valence-electron chi connectivity index (χ1n) is 7.38. The molecular formula is C16H15F3N4O. The Kier molecular flexibility index (Phi) is 4.13. The summed E-state index contributed by atoms with van der Waals surface area (Å²) in [5.74, 6) is -0.104. The summed E-state index contributed by atoms with van der Waals surface area (Å²) in [6.07, 6.45) is -2.79. The highest BCUT2D eigenvalue weighted by Gasteiger charge is 2.33. The molecule has 5 nitrogen and oxygen atoms in total. The smallest absolute Gasteiger partial charge is 0.336 e. The van der Waals surface area contributed by atoms with Gasteiger partial charge in [-0.3, -0.25) is 4.79 Å². The number of fused-ring (bicyclic) bond motifs is 1. The zero-order chi connectivity index (χ0) is 17.3. The summed E-state index contributed by atoms with van der Waals surface area (Å²) < 4.78 is 38.4. The van der Waals surface area contributed by atoms with Crippen molar-refractivity contribution in [2.75, 3.05) is 16.8 Å². The topological polar surface area (TPSA) is 58.1 Å². The van der Waals surface area contributed by atoms with Crippen LogP contribution in [-0.4, -0.2) is 22.4 Å². The van der Waals surface area contributed by atoms with E-state index in [1.54, 1.807) is 11.0 Å². The Morgan fingerprint density at radius 1 is 1.29 bits per heavy atom. The third-order valence-electron chi connectivity index (χ3n) is 3.79. The van der Waals surface area contributed by atoms with Gasteiger partial charge in [0.25, 0.3) is 0 Å². The van der Waals surface area contributed by atoms with Gasteiger partial charge >= 0.3 is 6.18 Å². The van der Waals surface area contributed by atoms with Crippen LogP contribution in [0.5, 0.6) is 0 Å². The van der Waals surface area contributed by atoms with Crippen LogP contribution in [0.2, 0.25) is 0 Å². The van der Waals surface area contributed by atoms with Gasteiger partial charge in [-0.25, -0.2) is 9.97 Å². The molecule has 0 saturated heterocycles. The molecule has 1 N–H and O–H groups in total. The molecule has 0 radical (unpaired) electrons. The second-order valence-corrected chi connectivity index (χ2v) is 5.54. The first-order valence-corrected chi connectivity index (χ1v) is 7.38. The van der Waals surface area contributed by atoms with Gasteiger partial charge in [-0.2, -0.15) is 13.2 Å².